The summed E-state index contributed by atoms with van der Waals surface area (Å²) in [5.74, 6) is 0.341. The van der Waals surface area contributed by atoms with E-state index in [1.54, 1.807) is 0 Å². The maximum absolute atomic E-state index is 11.9. The monoisotopic (exact) mass is 382 g/mol. The predicted octanol–water partition coefficient (Wildman–Crippen LogP) is 2.02. The number of benzene rings is 1. The van der Waals surface area contributed by atoms with Crippen molar-refractivity contribution in [2.45, 2.75) is 26.7 Å². The van der Waals surface area contributed by atoms with E-state index in [0.29, 0.717) is 5.92 Å². The summed E-state index contributed by atoms with van der Waals surface area (Å²) in [5.41, 5.74) is 9.57. The van der Waals surface area contributed by atoms with Crippen LogP contribution >= 0.6 is 0 Å². The molecule has 0 saturated carbocycles. The fourth-order valence-corrected chi connectivity index (χ4v) is 1.33. The molecule has 0 fully saturated rings. The van der Waals surface area contributed by atoms with Gasteiger partial charge in [0.05, 0.1) is 0 Å². The van der Waals surface area contributed by atoms with Crippen molar-refractivity contribution in [2.75, 3.05) is 0 Å². The van der Waals surface area contributed by atoms with Crippen LogP contribution in [0.15, 0.2) is 42.6 Å². The van der Waals surface area contributed by atoms with Crippen LogP contribution < -0.4 is 12.4 Å². The molecular weight excluding hydrogens is 364 g/mol. The van der Waals surface area contributed by atoms with Gasteiger partial charge in [-0.1, -0.05) is 55.6 Å². The number of nitrogens with zero attached hydrogens (tertiary/aromatic N) is 1. The smallest absolute Gasteiger partial charge is 1.00 e. The Hall–Kier alpha value is -0.987. The molecule has 0 atom stereocenters. The molecule has 5 heteroatoms. The molecule has 0 unspecified atom stereocenters. The normalized spacial score (nSPS) is 8.85. The Morgan fingerprint density at radius 1 is 1.05 bits per heavy atom. The average Bonchev–Trinajstić information content (AvgIpc) is 2.34. The second-order valence-corrected chi connectivity index (χ2v) is 4.43. The van der Waals surface area contributed by atoms with Crippen LogP contribution in [0.1, 0.15) is 30.9 Å². The van der Waals surface area contributed by atoms with Gasteiger partial charge in [-0.2, -0.15) is 0 Å². The molecule has 1 aromatic carbocycles. The molecule has 0 radical (unpaired) electrons. The number of aryl methyl sites for hydroxylation is 1. The summed E-state index contributed by atoms with van der Waals surface area (Å²) >= 11 is 0. The number of rotatable bonds is 1. The predicted molar refractivity (Wildman–Crippen MR) is 73.4 cm³/mol. The Balaban J connectivity index is 0. The summed E-state index contributed by atoms with van der Waals surface area (Å²) in [6, 6.07) is 11.2. The molecule has 2 aromatic rings. The molecule has 1 heterocycles. The van der Waals surface area contributed by atoms with E-state index >= 15 is 0 Å². The molecule has 0 amide bonds. The van der Waals surface area contributed by atoms with Gasteiger partial charge in [0.2, 0.25) is 0 Å². The average molecular weight is 382 g/mol. The summed E-state index contributed by atoms with van der Waals surface area (Å²) in [4.78, 5) is 3.37. The molecule has 1 aromatic heterocycles. The van der Waals surface area contributed by atoms with E-state index in [0.717, 1.165) is 6.20 Å². The molecule has 0 aliphatic carbocycles. The molecule has 20 heavy (non-hydrogen) atoms. The quantitative estimate of drug-likeness (QED) is 0.696. The molecule has 0 aliphatic heterocycles. The van der Waals surface area contributed by atoms with Crippen LogP contribution in [0.3, 0.4) is 0 Å². The van der Waals surface area contributed by atoms with E-state index < -0.39 is 5.82 Å². The van der Waals surface area contributed by atoms with Crippen molar-refractivity contribution in [1.29, 1.82) is 0 Å². The molecule has 0 spiro atoms. The minimum Gasteiger partial charge on any atom is -1.00 e. The van der Waals surface area contributed by atoms with Crippen molar-refractivity contribution in [1.82, 2.24) is 4.98 Å². The van der Waals surface area contributed by atoms with Gasteiger partial charge in [0, 0.05) is 0 Å². The molecular formula is C15H18ClFN2Ru. The van der Waals surface area contributed by atoms with Crippen molar-refractivity contribution in [2.24, 2.45) is 0 Å². The summed E-state index contributed by atoms with van der Waals surface area (Å²) < 4.78 is 11.9. The van der Waals surface area contributed by atoms with Gasteiger partial charge in [-0.05, 0) is 30.7 Å². The standard InChI is InChI=1S/C10H14.C5H4FN2.ClH.Ru/c1-8(2)10-6-4-9(3)5-7-10;6-4-1-2-5(7)8-3-4;;/h4-8H,1-3H3;1-3H,(H-,7,8);1H;/q;-1;;+2/p-1. The van der Waals surface area contributed by atoms with Crippen LogP contribution in [0.2, 0.25) is 0 Å². The number of aromatic nitrogens is 1. The van der Waals surface area contributed by atoms with E-state index in [2.05, 4.69) is 50.0 Å². The number of nitrogens with one attached hydrogen (secondary N) is 1. The zero-order valence-corrected chi connectivity index (χ0v) is 14.2. The molecule has 1 N–H and O–H groups in total. The van der Waals surface area contributed by atoms with Crippen molar-refractivity contribution in [3.8, 4) is 0 Å². The van der Waals surface area contributed by atoms with E-state index in [-0.39, 0.29) is 37.7 Å². The first-order chi connectivity index (χ1) is 8.49. The Kier molecular flexibility index (Phi) is 11.5. The van der Waals surface area contributed by atoms with Crippen LogP contribution in [-0.2, 0) is 19.5 Å². The van der Waals surface area contributed by atoms with Crippen LogP contribution in [0, 0.1) is 12.7 Å². The van der Waals surface area contributed by atoms with E-state index in [4.69, 9.17) is 5.73 Å². The van der Waals surface area contributed by atoms with Gasteiger partial charge in [0.25, 0.3) is 0 Å². The van der Waals surface area contributed by atoms with E-state index in [9.17, 15) is 4.39 Å². The van der Waals surface area contributed by atoms with Crippen LogP contribution in [0.25, 0.3) is 5.73 Å². The van der Waals surface area contributed by atoms with Gasteiger partial charge >= 0.3 is 19.5 Å². The maximum atomic E-state index is 11.9. The number of pyridine rings is 1. The number of halogens is 2. The third-order valence-corrected chi connectivity index (χ3v) is 2.47. The van der Waals surface area contributed by atoms with Crippen LogP contribution in [-0.4, -0.2) is 4.98 Å². The van der Waals surface area contributed by atoms with E-state index in [1.807, 2.05) is 0 Å². The van der Waals surface area contributed by atoms with Crippen LogP contribution in [0.4, 0.5) is 10.2 Å². The Labute approximate surface area is 139 Å². The first kappa shape index (κ1) is 21.3. The molecule has 0 aliphatic rings. The summed E-state index contributed by atoms with van der Waals surface area (Å²) in [6.07, 6.45) is 1.02. The largest absolute Gasteiger partial charge is 2.00 e. The van der Waals surface area contributed by atoms with Gasteiger partial charge in [0.1, 0.15) is 5.82 Å². The van der Waals surface area contributed by atoms with Crippen molar-refractivity contribution in [3.63, 3.8) is 0 Å². The topological polar surface area (TPSA) is 36.7 Å². The summed E-state index contributed by atoms with van der Waals surface area (Å²) in [5, 5.41) is 0. The molecule has 2 rings (SSSR count). The first-order valence-corrected chi connectivity index (χ1v) is 5.88. The van der Waals surface area contributed by atoms with E-state index in [1.165, 1.54) is 23.3 Å². The van der Waals surface area contributed by atoms with Gasteiger partial charge in [-0.15, -0.1) is 0 Å². The SMILES string of the molecule is Cc1ccc(C(C)C)cc1.[Cl-].[NH-]c1ccc(F)cn1.[Ru+2]. The van der Waals surface area contributed by atoms with Crippen molar-refractivity contribution >= 4 is 5.82 Å². The molecule has 110 valence electrons. The van der Waals surface area contributed by atoms with Gasteiger partial charge in [-0.3, -0.25) is 0 Å². The number of hydrogen-bond acceptors (Lipinski definition) is 1. The second-order valence-electron chi connectivity index (χ2n) is 4.43. The van der Waals surface area contributed by atoms with Crippen molar-refractivity contribution < 1.29 is 36.3 Å². The molecule has 0 bridgehead atoms. The van der Waals surface area contributed by atoms with Crippen LogP contribution in [0.5, 0.6) is 0 Å². The Bertz CT molecular complexity index is 451. The summed E-state index contributed by atoms with van der Waals surface area (Å²) in [6.45, 7) is 6.54. The van der Waals surface area contributed by atoms with Gasteiger partial charge in [0.15, 0.2) is 0 Å². The third kappa shape index (κ3) is 8.24. The Morgan fingerprint density at radius 3 is 1.95 bits per heavy atom. The summed E-state index contributed by atoms with van der Waals surface area (Å²) in [7, 11) is 0. The van der Waals surface area contributed by atoms with Gasteiger partial charge < -0.3 is 23.1 Å². The fraction of sp³-hybridized carbons (Fsp3) is 0.267. The third-order valence-electron chi connectivity index (χ3n) is 2.47. The Morgan fingerprint density at radius 2 is 1.60 bits per heavy atom. The fourth-order valence-electron chi connectivity index (χ4n) is 1.33. The minimum absolute atomic E-state index is 0. The van der Waals surface area contributed by atoms with Crippen molar-refractivity contribution in [3.05, 3.63) is 65.3 Å². The maximum Gasteiger partial charge on any atom is 2.00 e. The zero-order valence-electron chi connectivity index (χ0n) is 11.7. The first-order valence-electron chi connectivity index (χ1n) is 5.88. The minimum atomic E-state index is -0.402. The molecule has 2 nitrogen and oxygen atoms in total. The second kappa shape index (κ2) is 10.8. The zero-order chi connectivity index (χ0) is 13.5. The molecule has 0 saturated heterocycles. The number of hydrogen-bond donors (Lipinski definition) is 0. The van der Waals surface area contributed by atoms with Gasteiger partial charge in [-0.25, -0.2) is 4.39 Å².